The van der Waals surface area contributed by atoms with Crippen molar-refractivity contribution < 1.29 is 28.2 Å². The summed E-state index contributed by atoms with van der Waals surface area (Å²) < 4.78 is 23.8. The van der Waals surface area contributed by atoms with Gasteiger partial charge in [-0.1, -0.05) is 6.07 Å². The van der Waals surface area contributed by atoms with E-state index in [1.807, 2.05) is 0 Å². The van der Waals surface area contributed by atoms with E-state index in [1.54, 1.807) is 0 Å². The number of hydrogen-bond donors (Lipinski definition) is 2. The number of aliphatic carboxylic acids is 1. The number of carboxylic acids is 2. The van der Waals surface area contributed by atoms with Crippen molar-refractivity contribution in [3.05, 3.63) is 29.3 Å². The van der Waals surface area contributed by atoms with Crippen molar-refractivity contribution in [2.24, 2.45) is 0 Å². The van der Waals surface area contributed by atoms with Crippen molar-refractivity contribution >= 4 is 21.8 Å². The molecule has 2 N–H and O–H groups in total. The van der Waals surface area contributed by atoms with E-state index < -0.39 is 33.9 Å². The largest absolute Gasteiger partial charge is 0.481 e. The monoisotopic (exact) mass is 272 g/mol. The number of sulfone groups is 1. The Hall–Kier alpha value is -1.89. The van der Waals surface area contributed by atoms with Crippen LogP contribution in [0.3, 0.4) is 0 Å². The highest BCUT2D eigenvalue weighted by Crippen LogP contribution is 2.19. The summed E-state index contributed by atoms with van der Waals surface area (Å²) in [4.78, 5) is 21.0. The first kappa shape index (κ1) is 14.2. The van der Waals surface area contributed by atoms with Gasteiger partial charge in [-0.2, -0.15) is 0 Å². The van der Waals surface area contributed by atoms with Crippen LogP contribution < -0.4 is 0 Å². The first-order valence-electron chi connectivity index (χ1n) is 5.02. The molecule has 0 radical (unpaired) electrons. The lowest BCUT2D eigenvalue weighted by molar-refractivity contribution is -0.136. The van der Waals surface area contributed by atoms with E-state index >= 15 is 0 Å². The Morgan fingerprint density at radius 1 is 1.22 bits per heavy atom. The van der Waals surface area contributed by atoms with Crippen molar-refractivity contribution in [3.8, 4) is 0 Å². The third-order valence-electron chi connectivity index (χ3n) is 2.35. The molecule has 98 valence electrons. The van der Waals surface area contributed by atoms with Gasteiger partial charge in [-0.05, 0) is 24.6 Å². The minimum absolute atomic E-state index is 0.136. The van der Waals surface area contributed by atoms with Crippen LogP contribution in [0.4, 0.5) is 0 Å². The van der Waals surface area contributed by atoms with Crippen LogP contribution in [0.25, 0.3) is 0 Å². The molecule has 18 heavy (non-hydrogen) atoms. The van der Waals surface area contributed by atoms with Gasteiger partial charge in [-0.3, -0.25) is 4.79 Å². The summed E-state index contributed by atoms with van der Waals surface area (Å²) in [6.45, 7) is 1.53. The number of rotatable bonds is 5. The molecule has 0 aliphatic carbocycles. The van der Waals surface area contributed by atoms with Crippen LogP contribution in [0, 0.1) is 6.92 Å². The Labute approximate surface area is 104 Å². The fraction of sp³-hybridized carbons (Fsp3) is 0.273. The summed E-state index contributed by atoms with van der Waals surface area (Å²) in [5, 5.41) is 17.3. The minimum Gasteiger partial charge on any atom is -0.481 e. The standard InChI is InChI=1S/C11H12O6S/c1-7-2-3-8(11(14)15)6-9(7)18(16,17)5-4-10(12)13/h2-3,6H,4-5H2,1H3,(H,12,13)(H,14,15). The predicted molar refractivity (Wildman–Crippen MR) is 62.4 cm³/mol. The zero-order chi connectivity index (χ0) is 13.9. The maximum atomic E-state index is 11.9. The van der Waals surface area contributed by atoms with Gasteiger partial charge >= 0.3 is 11.9 Å². The zero-order valence-corrected chi connectivity index (χ0v) is 10.4. The molecule has 0 heterocycles. The predicted octanol–water partition coefficient (Wildman–Crippen LogP) is 0.942. The van der Waals surface area contributed by atoms with Crippen LogP contribution in [0.5, 0.6) is 0 Å². The van der Waals surface area contributed by atoms with E-state index in [1.165, 1.54) is 19.1 Å². The molecule has 0 atom stereocenters. The quantitative estimate of drug-likeness (QED) is 0.825. The Bertz CT molecular complexity index is 588. The Balaban J connectivity index is 3.18. The van der Waals surface area contributed by atoms with Gasteiger partial charge in [-0.25, -0.2) is 13.2 Å². The van der Waals surface area contributed by atoms with E-state index in [0.29, 0.717) is 5.56 Å². The molecule has 0 aromatic heterocycles. The maximum absolute atomic E-state index is 11.9. The molecule has 7 heteroatoms. The molecule has 1 aromatic carbocycles. The number of carbonyl (C=O) groups is 2. The van der Waals surface area contributed by atoms with Crippen molar-refractivity contribution in [1.29, 1.82) is 0 Å². The summed E-state index contributed by atoms with van der Waals surface area (Å²) in [6, 6.07) is 3.74. The van der Waals surface area contributed by atoms with Gasteiger partial charge in [0, 0.05) is 0 Å². The summed E-state index contributed by atoms with van der Waals surface area (Å²) >= 11 is 0. The number of aryl methyl sites for hydroxylation is 1. The first-order chi connectivity index (χ1) is 8.24. The molecule has 6 nitrogen and oxygen atoms in total. The smallest absolute Gasteiger partial charge is 0.335 e. The SMILES string of the molecule is Cc1ccc(C(=O)O)cc1S(=O)(=O)CCC(=O)O. The van der Waals surface area contributed by atoms with Crippen LogP contribution in [0.2, 0.25) is 0 Å². The molecule has 1 rings (SSSR count). The van der Waals surface area contributed by atoms with Gasteiger partial charge in [0.2, 0.25) is 0 Å². The van der Waals surface area contributed by atoms with Gasteiger partial charge in [-0.15, -0.1) is 0 Å². The lowest BCUT2D eigenvalue weighted by Gasteiger charge is -2.07. The highest BCUT2D eigenvalue weighted by atomic mass is 32.2. The topological polar surface area (TPSA) is 109 Å². The van der Waals surface area contributed by atoms with E-state index in [4.69, 9.17) is 10.2 Å². The highest BCUT2D eigenvalue weighted by molar-refractivity contribution is 7.91. The van der Waals surface area contributed by atoms with Gasteiger partial charge < -0.3 is 10.2 Å². The highest BCUT2D eigenvalue weighted by Gasteiger charge is 2.20. The molecular weight excluding hydrogens is 260 g/mol. The summed E-state index contributed by atoms with van der Waals surface area (Å²) in [5.74, 6) is -3.00. The fourth-order valence-corrected chi connectivity index (χ4v) is 2.93. The van der Waals surface area contributed by atoms with Gasteiger partial charge in [0.1, 0.15) is 0 Å². The average molecular weight is 272 g/mol. The summed E-state index contributed by atoms with van der Waals surface area (Å²) in [6.07, 6.45) is -0.515. The molecule has 0 aliphatic heterocycles. The molecule has 0 aliphatic rings. The van der Waals surface area contributed by atoms with Crippen LogP contribution in [0.1, 0.15) is 22.3 Å². The molecule has 0 fully saturated rings. The number of carboxylic acid groups (broad SMARTS) is 2. The van der Waals surface area contributed by atoms with Crippen molar-refractivity contribution in [2.45, 2.75) is 18.2 Å². The minimum atomic E-state index is -3.79. The lowest BCUT2D eigenvalue weighted by Crippen LogP contribution is -2.13. The average Bonchev–Trinajstić information content (AvgIpc) is 2.26. The Morgan fingerprint density at radius 2 is 1.83 bits per heavy atom. The second-order valence-electron chi connectivity index (χ2n) is 3.75. The van der Waals surface area contributed by atoms with E-state index in [9.17, 15) is 18.0 Å². The third kappa shape index (κ3) is 3.30. The van der Waals surface area contributed by atoms with Crippen LogP contribution in [-0.4, -0.2) is 36.3 Å². The summed E-state index contributed by atoms with van der Waals surface area (Å²) in [5.41, 5.74) is 0.250. The maximum Gasteiger partial charge on any atom is 0.335 e. The zero-order valence-electron chi connectivity index (χ0n) is 9.58. The van der Waals surface area contributed by atoms with Crippen molar-refractivity contribution in [1.82, 2.24) is 0 Å². The van der Waals surface area contributed by atoms with Gasteiger partial charge in [0.25, 0.3) is 0 Å². The van der Waals surface area contributed by atoms with Crippen LogP contribution in [0.15, 0.2) is 23.1 Å². The van der Waals surface area contributed by atoms with E-state index in [2.05, 4.69) is 0 Å². The molecule has 0 bridgehead atoms. The lowest BCUT2D eigenvalue weighted by atomic mass is 10.1. The normalized spacial score (nSPS) is 11.2. The molecule has 0 spiro atoms. The van der Waals surface area contributed by atoms with Crippen molar-refractivity contribution in [3.63, 3.8) is 0 Å². The number of hydrogen-bond acceptors (Lipinski definition) is 4. The molecule has 0 unspecified atom stereocenters. The number of aromatic carboxylic acids is 1. The molecule has 0 saturated heterocycles. The Kier molecular flexibility index (Phi) is 4.07. The molecule has 0 amide bonds. The first-order valence-corrected chi connectivity index (χ1v) is 6.68. The summed E-state index contributed by atoms with van der Waals surface area (Å²) in [7, 11) is -3.79. The van der Waals surface area contributed by atoms with Crippen LogP contribution >= 0.6 is 0 Å². The number of benzene rings is 1. The van der Waals surface area contributed by atoms with Crippen LogP contribution in [-0.2, 0) is 14.6 Å². The Morgan fingerprint density at radius 3 is 2.33 bits per heavy atom. The second-order valence-corrected chi connectivity index (χ2v) is 5.83. The molecule has 1 aromatic rings. The van der Waals surface area contributed by atoms with Gasteiger partial charge in [0.05, 0.1) is 22.6 Å². The van der Waals surface area contributed by atoms with Crippen molar-refractivity contribution in [2.75, 3.05) is 5.75 Å². The molecular formula is C11H12O6S. The van der Waals surface area contributed by atoms with E-state index in [-0.39, 0.29) is 10.5 Å². The van der Waals surface area contributed by atoms with Gasteiger partial charge in [0.15, 0.2) is 9.84 Å². The van der Waals surface area contributed by atoms with E-state index in [0.717, 1.165) is 6.07 Å². The third-order valence-corrected chi connectivity index (χ3v) is 4.21. The molecule has 0 saturated carbocycles. The fourth-order valence-electron chi connectivity index (χ4n) is 1.40. The second kappa shape index (κ2) is 5.18.